The second-order valence-electron chi connectivity index (χ2n) is 2.55. The minimum absolute atomic E-state index is 0.505. The van der Waals surface area contributed by atoms with Gasteiger partial charge < -0.3 is 5.73 Å². The Balaban J connectivity index is 2.94. The molecular formula is C8H8N4. The van der Waals surface area contributed by atoms with Gasteiger partial charge in [0.1, 0.15) is 12.1 Å². The summed E-state index contributed by atoms with van der Waals surface area (Å²) in [6.07, 6.45) is 3.16. The summed E-state index contributed by atoms with van der Waals surface area (Å²) in [5, 5.41) is 0.866. The number of aromatic nitrogens is 3. The first-order valence-corrected chi connectivity index (χ1v) is 3.61. The first kappa shape index (κ1) is 6.97. The highest BCUT2D eigenvalue weighted by atomic mass is 14.9. The van der Waals surface area contributed by atoms with Crippen LogP contribution in [0.3, 0.4) is 0 Å². The van der Waals surface area contributed by atoms with E-state index in [2.05, 4.69) is 15.0 Å². The van der Waals surface area contributed by atoms with Crippen LogP contribution >= 0.6 is 0 Å². The first-order chi connectivity index (χ1) is 5.79. The number of rotatable bonds is 0. The molecule has 2 N–H and O–H groups in total. The molecule has 0 amide bonds. The molecule has 2 rings (SSSR count). The van der Waals surface area contributed by atoms with Gasteiger partial charge in [-0.3, -0.25) is 4.98 Å². The van der Waals surface area contributed by atoms with E-state index < -0.39 is 0 Å². The van der Waals surface area contributed by atoms with Crippen molar-refractivity contribution in [2.24, 2.45) is 0 Å². The van der Waals surface area contributed by atoms with E-state index in [1.807, 2.05) is 13.0 Å². The molecule has 0 aromatic carbocycles. The summed E-state index contributed by atoms with van der Waals surface area (Å²) in [5.41, 5.74) is 7.35. The molecule has 0 unspecified atom stereocenters. The number of pyridine rings is 1. The second-order valence-corrected chi connectivity index (χ2v) is 2.55. The molecule has 0 aliphatic rings. The number of nitrogen functional groups attached to an aromatic ring is 1. The van der Waals surface area contributed by atoms with Gasteiger partial charge >= 0.3 is 0 Å². The maximum absolute atomic E-state index is 5.65. The smallest absolute Gasteiger partial charge is 0.134 e. The average molecular weight is 160 g/mol. The third kappa shape index (κ3) is 0.887. The molecule has 60 valence electrons. The molecule has 0 fully saturated rings. The van der Waals surface area contributed by atoms with Gasteiger partial charge in [0.25, 0.3) is 0 Å². The number of fused-ring (bicyclic) bond motifs is 1. The highest BCUT2D eigenvalue weighted by Crippen LogP contribution is 2.16. The molecule has 0 saturated carbocycles. The van der Waals surface area contributed by atoms with Crippen molar-refractivity contribution in [1.29, 1.82) is 0 Å². The predicted octanol–water partition coefficient (Wildman–Crippen LogP) is 0.915. The Bertz CT molecular complexity index is 383. The molecule has 0 saturated heterocycles. The summed E-state index contributed by atoms with van der Waals surface area (Å²) in [6.45, 7) is 1.90. The first-order valence-electron chi connectivity index (χ1n) is 3.61. The minimum atomic E-state index is 0.505. The number of aryl methyl sites for hydroxylation is 1. The number of anilines is 1. The molecule has 0 aliphatic carbocycles. The molecule has 0 aliphatic heterocycles. The number of nitrogens with two attached hydrogens (primary N) is 1. The Morgan fingerprint density at radius 2 is 2.08 bits per heavy atom. The van der Waals surface area contributed by atoms with Crippen molar-refractivity contribution >= 4 is 16.7 Å². The molecule has 0 atom stereocenters. The maximum Gasteiger partial charge on any atom is 0.134 e. The van der Waals surface area contributed by atoms with Crippen molar-refractivity contribution in [3.63, 3.8) is 0 Å². The van der Waals surface area contributed by atoms with Crippen LogP contribution in [-0.4, -0.2) is 15.0 Å². The predicted molar refractivity (Wildman–Crippen MR) is 46.5 cm³/mol. The maximum atomic E-state index is 5.65. The van der Waals surface area contributed by atoms with Crippen LogP contribution in [0.1, 0.15) is 5.69 Å². The van der Waals surface area contributed by atoms with Crippen LogP contribution in [-0.2, 0) is 0 Å². The van der Waals surface area contributed by atoms with Gasteiger partial charge in [0, 0.05) is 11.6 Å². The molecule has 0 radical (unpaired) electrons. The van der Waals surface area contributed by atoms with Crippen LogP contribution in [0.2, 0.25) is 0 Å². The molecule has 0 bridgehead atoms. The van der Waals surface area contributed by atoms with Gasteiger partial charge in [0.05, 0.1) is 11.2 Å². The quantitative estimate of drug-likeness (QED) is 0.622. The van der Waals surface area contributed by atoms with E-state index in [0.29, 0.717) is 5.82 Å². The fourth-order valence-corrected chi connectivity index (χ4v) is 1.15. The van der Waals surface area contributed by atoms with Crippen LogP contribution in [0.5, 0.6) is 0 Å². The Morgan fingerprint density at radius 3 is 2.83 bits per heavy atom. The van der Waals surface area contributed by atoms with Crippen molar-refractivity contribution < 1.29 is 0 Å². The summed E-state index contributed by atoms with van der Waals surface area (Å²) in [6, 6.07) is 1.82. The van der Waals surface area contributed by atoms with Crippen molar-refractivity contribution in [2.45, 2.75) is 6.92 Å². The normalized spacial score (nSPS) is 10.4. The molecule has 0 spiro atoms. The fraction of sp³-hybridized carbons (Fsp3) is 0.125. The topological polar surface area (TPSA) is 64.7 Å². The fourth-order valence-electron chi connectivity index (χ4n) is 1.15. The van der Waals surface area contributed by atoms with Crippen molar-refractivity contribution in [2.75, 3.05) is 5.73 Å². The lowest BCUT2D eigenvalue weighted by molar-refractivity contribution is 1.16. The highest BCUT2D eigenvalue weighted by molar-refractivity contribution is 5.88. The lowest BCUT2D eigenvalue weighted by Gasteiger charge is -2.00. The molecule has 2 heterocycles. The van der Waals surface area contributed by atoms with Crippen LogP contribution < -0.4 is 5.73 Å². The number of hydrogen-bond acceptors (Lipinski definition) is 4. The second kappa shape index (κ2) is 2.41. The lowest BCUT2D eigenvalue weighted by atomic mass is 10.2. The Kier molecular flexibility index (Phi) is 1.40. The summed E-state index contributed by atoms with van der Waals surface area (Å²) >= 11 is 0. The monoisotopic (exact) mass is 160 g/mol. The standard InChI is InChI=1S/C8H8N4/c1-5-7-6(2-3-10-5)8(9)12-4-11-7/h2-4H,1H3,(H2,9,11,12). The van der Waals surface area contributed by atoms with Gasteiger partial charge in [-0.1, -0.05) is 0 Å². The van der Waals surface area contributed by atoms with E-state index in [1.165, 1.54) is 6.33 Å². The Labute approximate surface area is 69.5 Å². The van der Waals surface area contributed by atoms with E-state index >= 15 is 0 Å². The summed E-state index contributed by atoms with van der Waals surface area (Å²) in [5.74, 6) is 0.505. The van der Waals surface area contributed by atoms with Gasteiger partial charge in [-0.25, -0.2) is 9.97 Å². The van der Waals surface area contributed by atoms with Gasteiger partial charge in [0.15, 0.2) is 0 Å². The molecule has 2 aromatic rings. The zero-order valence-electron chi connectivity index (χ0n) is 6.65. The van der Waals surface area contributed by atoms with E-state index in [1.54, 1.807) is 6.20 Å². The van der Waals surface area contributed by atoms with Crippen LogP contribution in [0.4, 0.5) is 5.82 Å². The minimum Gasteiger partial charge on any atom is -0.383 e. The molecule has 2 aromatic heterocycles. The molecule has 4 nitrogen and oxygen atoms in total. The van der Waals surface area contributed by atoms with Crippen LogP contribution in [0, 0.1) is 6.92 Å². The summed E-state index contributed by atoms with van der Waals surface area (Å²) < 4.78 is 0. The van der Waals surface area contributed by atoms with Gasteiger partial charge in [-0.05, 0) is 13.0 Å². The third-order valence-electron chi connectivity index (χ3n) is 1.77. The van der Waals surface area contributed by atoms with Crippen molar-refractivity contribution in [3.8, 4) is 0 Å². The van der Waals surface area contributed by atoms with Crippen molar-refractivity contribution in [3.05, 3.63) is 24.3 Å². The van der Waals surface area contributed by atoms with Crippen LogP contribution in [0.25, 0.3) is 10.9 Å². The molecular weight excluding hydrogens is 152 g/mol. The molecule has 12 heavy (non-hydrogen) atoms. The Morgan fingerprint density at radius 1 is 1.25 bits per heavy atom. The van der Waals surface area contributed by atoms with Crippen molar-refractivity contribution in [1.82, 2.24) is 15.0 Å². The third-order valence-corrected chi connectivity index (χ3v) is 1.77. The van der Waals surface area contributed by atoms with E-state index in [0.717, 1.165) is 16.6 Å². The largest absolute Gasteiger partial charge is 0.383 e. The zero-order valence-corrected chi connectivity index (χ0v) is 6.65. The SMILES string of the molecule is Cc1nccc2c(N)ncnc12. The summed E-state index contributed by atoms with van der Waals surface area (Å²) in [7, 11) is 0. The van der Waals surface area contributed by atoms with E-state index in [-0.39, 0.29) is 0 Å². The summed E-state index contributed by atoms with van der Waals surface area (Å²) in [4.78, 5) is 12.1. The van der Waals surface area contributed by atoms with Crippen LogP contribution in [0.15, 0.2) is 18.6 Å². The highest BCUT2D eigenvalue weighted by Gasteiger charge is 2.01. The van der Waals surface area contributed by atoms with Gasteiger partial charge in [-0.15, -0.1) is 0 Å². The van der Waals surface area contributed by atoms with Gasteiger partial charge in [0.2, 0.25) is 0 Å². The zero-order chi connectivity index (χ0) is 8.55. The molecule has 4 heteroatoms. The average Bonchev–Trinajstić information content (AvgIpc) is 2.07. The van der Waals surface area contributed by atoms with E-state index in [4.69, 9.17) is 5.73 Å². The number of hydrogen-bond donors (Lipinski definition) is 1. The number of nitrogens with zero attached hydrogens (tertiary/aromatic N) is 3. The van der Waals surface area contributed by atoms with Gasteiger partial charge in [-0.2, -0.15) is 0 Å². The van der Waals surface area contributed by atoms with E-state index in [9.17, 15) is 0 Å². The Hall–Kier alpha value is -1.71. The lowest BCUT2D eigenvalue weighted by Crippen LogP contribution is -1.95.